The normalized spacial score (nSPS) is 20.7. The van der Waals surface area contributed by atoms with Gasteiger partial charge in [-0.05, 0) is 24.7 Å². The number of hydrogen-bond donors (Lipinski definition) is 0. The first-order valence-corrected chi connectivity index (χ1v) is 4.62. The molecule has 1 aliphatic rings. The predicted octanol–water partition coefficient (Wildman–Crippen LogP) is 3.43. The molecule has 59 valence electrons. The van der Waals surface area contributed by atoms with E-state index in [-0.39, 0.29) is 0 Å². The molecule has 0 bridgehead atoms. The lowest BCUT2D eigenvalue weighted by atomic mass is 9.97. The molecule has 0 heteroatoms. The summed E-state index contributed by atoms with van der Waals surface area (Å²) in [4.78, 5) is 0. The third-order valence-corrected chi connectivity index (χ3v) is 2.34. The van der Waals surface area contributed by atoms with Crippen molar-refractivity contribution in [1.29, 1.82) is 0 Å². The van der Waals surface area contributed by atoms with Gasteiger partial charge in [0.05, 0.1) is 0 Å². The highest BCUT2D eigenvalue weighted by molar-refractivity contribution is 4.81. The van der Waals surface area contributed by atoms with Crippen LogP contribution in [-0.2, 0) is 0 Å². The van der Waals surface area contributed by atoms with Crippen molar-refractivity contribution in [2.75, 3.05) is 0 Å². The van der Waals surface area contributed by atoms with Crippen LogP contribution in [0.25, 0.3) is 0 Å². The van der Waals surface area contributed by atoms with Gasteiger partial charge in [-0.1, -0.05) is 39.5 Å². The van der Waals surface area contributed by atoms with Crippen molar-refractivity contribution in [3.8, 4) is 0 Å². The summed E-state index contributed by atoms with van der Waals surface area (Å²) < 4.78 is 0. The average Bonchev–Trinajstić information content (AvgIpc) is 2.34. The van der Waals surface area contributed by atoms with Crippen molar-refractivity contribution in [1.82, 2.24) is 0 Å². The molecule has 0 unspecified atom stereocenters. The molecule has 10 heavy (non-hydrogen) atoms. The molecule has 1 aliphatic carbocycles. The molecule has 0 saturated heterocycles. The van der Waals surface area contributed by atoms with Gasteiger partial charge in [0.15, 0.2) is 0 Å². The van der Waals surface area contributed by atoms with Gasteiger partial charge in [0.25, 0.3) is 0 Å². The van der Waals surface area contributed by atoms with E-state index in [1.165, 1.54) is 32.1 Å². The van der Waals surface area contributed by atoms with E-state index in [9.17, 15) is 0 Å². The Morgan fingerprint density at radius 1 is 1.30 bits per heavy atom. The zero-order chi connectivity index (χ0) is 7.40. The molecule has 0 heterocycles. The summed E-state index contributed by atoms with van der Waals surface area (Å²) in [7, 11) is 0. The summed E-state index contributed by atoms with van der Waals surface area (Å²) in [6.07, 6.45) is 9.74. The van der Waals surface area contributed by atoms with E-state index in [2.05, 4.69) is 20.3 Å². The summed E-state index contributed by atoms with van der Waals surface area (Å²) in [5, 5.41) is 0. The molecule has 1 rings (SSSR count). The molecule has 0 aromatic rings. The van der Waals surface area contributed by atoms with Crippen LogP contribution in [0.5, 0.6) is 0 Å². The zero-order valence-electron chi connectivity index (χ0n) is 7.27. The van der Waals surface area contributed by atoms with Gasteiger partial charge in [0.1, 0.15) is 0 Å². The lowest BCUT2D eigenvalue weighted by Gasteiger charge is -2.09. The Balaban J connectivity index is 2.01. The third kappa shape index (κ3) is 2.72. The molecule has 0 atom stereocenters. The largest absolute Gasteiger partial charge is 0.0628 e. The lowest BCUT2D eigenvalue weighted by Crippen LogP contribution is -1.97. The van der Waals surface area contributed by atoms with E-state index < -0.39 is 0 Å². The Bertz CT molecular complexity index is 78.0. The minimum Gasteiger partial charge on any atom is -0.0628 e. The van der Waals surface area contributed by atoms with Crippen molar-refractivity contribution in [3.63, 3.8) is 0 Å². The highest BCUT2D eigenvalue weighted by Crippen LogP contribution is 2.28. The zero-order valence-corrected chi connectivity index (χ0v) is 7.27. The van der Waals surface area contributed by atoms with Crippen LogP contribution >= 0.6 is 0 Å². The fourth-order valence-corrected chi connectivity index (χ4v) is 1.66. The Kier molecular flexibility index (Phi) is 3.24. The fourth-order valence-electron chi connectivity index (χ4n) is 1.66. The Hall–Kier alpha value is 0. The van der Waals surface area contributed by atoms with Gasteiger partial charge in [-0.2, -0.15) is 0 Å². The SMILES string of the molecule is CC(C)C[CH]C1CCCC1. The van der Waals surface area contributed by atoms with Crippen molar-refractivity contribution in [3.05, 3.63) is 6.42 Å². The number of rotatable bonds is 3. The smallest absolute Gasteiger partial charge is 0.0352 e. The first-order valence-electron chi connectivity index (χ1n) is 4.62. The van der Waals surface area contributed by atoms with E-state index in [1.54, 1.807) is 0 Å². The predicted molar refractivity (Wildman–Crippen MR) is 45.7 cm³/mol. The van der Waals surface area contributed by atoms with E-state index in [1.807, 2.05) is 0 Å². The van der Waals surface area contributed by atoms with Gasteiger partial charge >= 0.3 is 0 Å². The molecule has 1 radical (unpaired) electrons. The average molecular weight is 139 g/mol. The minimum absolute atomic E-state index is 0.862. The fraction of sp³-hybridized carbons (Fsp3) is 0.900. The summed E-state index contributed by atoms with van der Waals surface area (Å²) >= 11 is 0. The van der Waals surface area contributed by atoms with Gasteiger partial charge in [-0.25, -0.2) is 0 Å². The van der Waals surface area contributed by atoms with E-state index in [0.717, 1.165) is 11.8 Å². The van der Waals surface area contributed by atoms with Gasteiger partial charge in [0.2, 0.25) is 0 Å². The molecule has 0 nitrogen and oxygen atoms in total. The molecule has 1 fully saturated rings. The molecule has 0 N–H and O–H groups in total. The van der Waals surface area contributed by atoms with Crippen LogP contribution < -0.4 is 0 Å². The second kappa shape index (κ2) is 4.00. The first-order chi connectivity index (χ1) is 4.79. The molecule has 0 aliphatic heterocycles. The second-order valence-corrected chi connectivity index (χ2v) is 3.91. The molecule has 0 amide bonds. The summed E-state index contributed by atoms with van der Waals surface area (Å²) in [6.45, 7) is 4.59. The van der Waals surface area contributed by atoms with Crippen molar-refractivity contribution < 1.29 is 0 Å². The van der Waals surface area contributed by atoms with Gasteiger partial charge in [0, 0.05) is 0 Å². The quantitative estimate of drug-likeness (QED) is 0.562. The van der Waals surface area contributed by atoms with Crippen molar-refractivity contribution in [2.24, 2.45) is 11.8 Å². The summed E-state index contributed by atoms with van der Waals surface area (Å²) in [5.74, 6) is 1.84. The van der Waals surface area contributed by atoms with Crippen LogP contribution in [0.4, 0.5) is 0 Å². The third-order valence-electron chi connectivity index (χ3n) is 2.34. The van der Waals surface area contributed by atoms with Crippen LogP contribution in [0.15, 0.2) is 0 Å². The van der Waals surface area contributed by atoms with Crippen LogP contribution in [0.1, 0.15) is 46.0 Å². The molecule has 0 spiro atoms. The van der Waals surface area contributed by atoms with Crippen LogP contribution in [-0.4, -0.2) is 0 Å². The van der Waals surface area contributed by atoms with Gasteiger partial charge in [-0.3, -0.25) is 0 Å². The summed E-state index contributed by atoms with van der Waals surface area (Å²) in [5.41, 5.74) is 0. The lowest BCUT2D eigenvalue weighted by molar-refractivity contribution is 0.538. The van der Waals surface area contributed by atoms with Crippen molar-refractivity contribution in [2.45, 2.75) is 46.0 Å². The number of hydrogen-bond acceptors (Lipinski definition) is 0. The van der Waals surface area contributed by atoms with Gasteiger partial charge in [-0.15, -0.1) is 0 Å². The Labute approximate surface area is 65.0 Å². The molecule has 0 aromatic heterocycles. The van der Waals surface area contributed by atoms with Crippen LogP contribution in [0.3, 0.4) is 0 Å². The highest BCUT2D eigenvalue weighted by atomic mass is 14.2. The molecule has 0 aromatic carbocycles. The van der Waals surface area contributed by atoms with E-state index in [0.29, 0.717) is 0 Å². The Morgan fingerprint density at radius 2 is 1.90 bits per heavy atom. The standard InChI is InChI=1S/C10H19/c1-9(2)7-8-10-5-3-4-6-10/h8-10H,3-7H2,1-2H3. The summed E-state index contributed by atoms with van der Waals surface area (Å²) in [6, 6.07) is 0. The minimum atomic E-state index is 0.862. The van der Waals surface area contributed by atoms with E-state index >= 15 is 0 Å². The van der Waals surface area contributed by atoms with Crippen LogP contribution in [0, 0.1) is 18.3 Å². The van der Waals surface area contributed by atoms with E-state index in [4.69, 9.17) is 0 Å². The topological polar surface area (TPSA) is 0 Å². The molecular weight excluding hydrogens is 120 g/mol. The second-order valence-electron chi connectivity index (χ2n) is 3.91. The molecular formula is C10H19. The van der Waals surface area contributed by atoms with Gasteiger partial charge < -0.3 is 0 Å². The maximum Gasteiger partial charge on any atom is -0.0352 e. The highest BCUT2D eigenvalue weighted by Gasteiger charge is 2.14. The first kappa shape index (κ1) is 8.10. The maximum atomic E-state index is 2.54. The van der Waals surface area contributed by atoms with Crippen molar-refractivity contribution >= 4 is 0 Å². The Morgan fingerprint density at radius 3 is 2.40 bits per heavy atom. The maximum absolute atomic E-state index is 2.54. The molecule has 1 saturated carbocycles. The monoisotopic (exact) mass is 139 g/mol. The van der Waals surface area contributed by atoms with Crippen LogP contribution in [0.2, 0.25) is 0 Å².